The molecule has 0 spiro atoms. The summed E-state index contributed by atoms with van der Waals surface area (Å²) in [6, 6.07) is 25.9. The Morgan fingerprint density at radius 3 is 1.81 bits per heavy atom. The van der Waals surface area contributed by atoms with E-state index in [1.165, 1.54) is 5.56 Å². The fourth-order valence-corrected chi connectivity index (χ4v) is 3.55. The Labute approximate surface area is 169 Å². The zero-order valence-electron chi connectivity index (χ0n) is 15.9. The Bertz CT molecular complexity index is 875. The zero-order chi connectivity index (χ0) is 19.4. The van der Waals surface area contributed by atoms with E-state index in [2.05, 4.69) is 54.2 Å². The molecule has 3 heteroatoms. The van der Waals surface area contributed by atoms with Gasteiger partial charge in [0.25, 0.3) is 0 Å². The summed E-state index contributed by atoms with van der Waals surface area (Å²) in [5.41, 5.74) is 4.01. The van der Waals surface area contributed by atoms with Crippen LogP contribution in [-0.4, -0.2) is 5.91 Å². The number of rotatable bonds is 4. The summed E-state index contributed by atoms with van der Waals surface area (Å²) < 4.78 is 0.892. The highest BCUT2D eigenvalue weighted by Gasteiger charge is 2.23. The predicted molar refractivity (Wildman–Crippen MR) is 116 cm³/mol. The number of nitrogens with one attached hydrogen (secondary N) is 1. The summed E-state index contributed by atoms with van der Waals surface area (Å²) in [7, 11) is 0. The molecule has 0 fully saturated rings. The van der Waals surface area contributed by atoms with E-state index in [0.717, 1.165) is 21.3 Å². The topological polar surface area (TPSA) is 29.1 Å². The van der Waals surface area contributed by atoms with E-state index in [4.69, 9.17) is 0 Å². The highest BCUT2D eigenvalue weighted by Crippen LogP contribution is 2.32. The second-order valence-electron chi connectivity index (χ2n) is 7.69. The third-order valence-electron chi connectivity index (χ3n) is 4.62. The number of carbonyl (C=O) groups is 1. The standard InChI is InChI=1S/C24H24BrNO/c1-24(2,3)19-14-15-21(20(25)16-19)26-23(27)22(17-10-6-4-7-11-17)18-12-8-5-9-13-18/h4-16,22H,1-3H3,(H,26,27). The molecule has 0 aliphatic rings. The van der Waals surface area contributed by atoms with Crippen molar-refractivity contribution in [1.29, 1.82) is 0 Å². The van der Waals surface area contributed by atoms with Crippen molar-refractivity contribution in [3.05, 3.63) is 100 Å². The monoisotopic (exact) mass is 421 g/mol. The molecule has 0 aliphatic carbocycles. The molecule has 0 saturated carbocycles. The van der Waals surface area contributed by atoms with Crippen LogP contribution >= 0.6 is 15.9 Å². The summed E-state index contributed by atoms with van der Waals surface area (Å²) in [4.78, 5) is 13.2. The van der Waals surface area contributed by atoms with E-state index in [1.807, 2.05) is 66.7 Å². The van der Waals surface area contributed by atoms with Crippen LogP contribution in [0.4, 0.5) is 5.69 Å². The van der Waals surface area contributed by atoms with E-state index < -0.39 is 0 Å². The van der Waals surface area contributed by atoms with Crippen molar-refractivity contribution in [3.63, 3.8) is 0 Å². The quantitative estimate of drug-likeness (QED) is 0.510. The third-order valence-corrected chi connectivity index (χ3v) is 5.28. The Kier molecular flexibility index (Phi) is 5.81. The van der Waals surface area contributed by atoms with Crippen molar-refractivity contribution in [2.24, 2.45) is 0 Å². The van der Waals surface area contributed by atoms with Crippen LogP contribution < -0.4 is 5.32 Å². The maximum atomic E-state index is 13.2. The van der Waals surface area contributed by atoms with Crippen LogP contribution in [0.2, 0.25) is 0 Å². The lowest BCUT2D eigenvalue weighted by molar-refractivity contribution is -0.116. The number of benzene rings is 3. The van der Waals surface area contributed by atoms with Crippen LogP contribution in [0.1, 0.15) is 43.4 Å². The first-order valence-electron chi connectivity index (χ1n) is 9.07. The second-order valence-corrected chi connectivity index (χ2v) is 8.54. The summed E-state index contributed by atoms with van der Waals surface area (Å²) >= 11 is 3.62. The zero-order valence-corrected chi connectivity index (χ0v) is 17.5. The summed E-state index contributed by atoms with van der Waals surface area (Å²) in [5.74, 6) is -0.404. The molecule has 138 valence electrons. The largest absolute Gasteiger partial charge is 0.324 e. The summed E-state index contributed by atoms with van der Waals surface area (Å²) in [6.45, 7) is 6.52. The van der Waals surface area contributed by atoms with Gasteiger partial charge in [0, 0.05) is 4.47 Å². The van der Waals surface area contributed by atoms with Gasteiger partial charge in [-0.25, -0.2) is 0 Å². The lowest BCUT2D eigenvalue weighted by atomic mass is 9.87. The first-order chi connectivity index (χ1) is 12.9. The van der Waals surface area contributed by atoms with E-state index in [1.54, 1.807) is 0 Å². The molecule has 0 bridgehead atoms. The van der Waals surface area contributed by atoms with Crippen LogP contribution in [0.25, 0.3) is 0 Å². The molecule has 2 nitrogen and oxygen atoms in total. The van der Waals surface area contributed by atoms with E-state index in [-0.39, 0.29) is 17.2 Å². The number of hydrogen-bond acceptors (Lipinski definition) is 1. The average Bonchev–Trinajstić information content (AvgIpc) is 2.64. The van der Waals surface area contributed by atoms with Gasteiger partial charge in [0.05, 0.1) is 11.6 Å². The van der Waals surface area contributed by atoms with Gasteiger partial charge in [0.2, 0.25) is 5.91 Å². The molecule has 0 unspecified atom stereocenters. The number of amides is 1. The van der Waals surface area contributed by atoms with Gasteiger partial charge >= 0.3 is 0 Å². The van der Waals surface area contributed by atoms with Gasteiger partial charge in [-0.3, -0.25) is 4.79 Å². The maximum absolute atomic E-state index is 13.2. The molecular formula is C24H24BrNO. The van der Waals surface area contributed by atoms with Crippen molar-refractivity contribution >= 4 is 27.5 Å². The van der Waals surface area contributed by atoms with Gasteiger partial charge in [-0.2, -0.15) is 0 Å². The third kappa shape index (κ3) is 4.67. The molecule has 0 aromatic heterocycles. The number of anilines is 1. The lowest BCUT2D eigenvalue weighted by Crippen LogP contribution is -2.22. The van der Waals surface area contributed by atoms with Crippen molar-refractivity contribution in [2.45, 2.75) is 32.1 Å². The maximum Gasteiger partial charge on any atom is 0.236 e. The minimum absolute atomic E-state index is 0.0448. The van der Waals surface area contributed by atoms with Gasteiger partial charge in [-0.15, -0.1) is 0 Å². The molecule has 1 N–H and O–H groups in total. The molecular weight excluding hydrogens is 398 g/mol. The second kappa shape index (κ2) is 8.10. The summed E-state index contributed by atoms with van der Waals surface area (Å²) in [5, 5.41) is 3.10. The normalized spacial score (nSPS) is 11.4. The van der Waals surface area contributed by atoms with Gasteiger partial charge in [0.1, 0.15) is 0 Å². The molecule has 3 aromatic carbocycles. The fraction of sp³-hybridized carbons (Fsp3) is 0.208. The number of halogens is 1. The SMILES string of the molecule is CC(C)(C)c1ccc(NC(=O)C(c2ccccc2)c2ccccc2)c(Br)c1. The Balaban J connectivity index is 1.92. The minimum Gasteiger partial charge on any atom is -0.324 e. The van der Waals surface area contributed by atoms with Crippen molar-refractivity contribution < 1.29 is 4.79 Å². The molecule has 0 heterocycles. The summed E-state index contributed by atoms with van der Waals surface area (Å²) in [6.07, 6.45) is 0. The molecule has 3 aromatic rings. The minimum atomic E-state index is -0.360. The van der Waals surface area contributed by atoms with Crippen molar-refractivity contribution in [2.75, 3.05) is 5.32 Å². The number of hydrogen-bond donors (Lipinski definition) is 1. The van der Waals surface area contributed by atoms with E-state index in [0.29, 0.717) is 0 Å². The Morgan fingerprint density at radius 1 is 0.852 bits per heavy atom. The fourth-order valence-electron chi connectivity index (χ4n) is 3.07. The molecule has 27 heavy (non-hydrogen) atoms. The van der Waals surface area contributed by atoms with Crippen LogP contribution in [0.5, 0.6) is 0 Å². The van der Waals surface area contributed by atoms with Gasteiger partial charge in [-0.1, -0.05) is 87.5 Å². The van der Waals surface area contributed by atoms with Crippen LogP contribution in [0.3, 0.4) is 0 Å². The van der Waals surface area contributed by atoms with Crippen molar-refractivity contribution in [3.8, 4) is 0 Å². The van der Waals surface area contributed by atoms with E-state index >= 15 is 0 Å². The first-order valence-corrected chi connectivity index (χ1v) is 9.86. The highest BCUT2D eigenvalue weighted by molar-refractivity contribution is 9.10. The number of carbonyl (C=O) groups excluding carboxylic acids is 1. The lowest BCUT2D eigenvalue weighted by Gasteiger charge is -2.21. The highest BCUT2D eigenvalue weighted by atomic mass is 79.9. The molecule has 0 atom stereocenters. The Hall–Kier alpha value is -2.39. The average molecular weight is 422 g/mol. The van der Waals surface area contributed by atoms with Gasteiger partial charge < -0.3 is 5.32 Å². The van der Waals surface area contributed by atoms with Gasteiger partial charge in [0.15, 0.2) is 0 Å². The molecule has 1 amide bonds. The van der Waals surface area contributed by atoms with Crippen molar-refractivity contribution in [1.82, 2.24) is 0 Å². The van der Waals surface area contributed by atoms with Gasteiger partial charge in [-0.05, 0) is 50.2 Å². The molecule has 3 rings (SSSR count). The first kappa shape index (κ1) is 19.4. The molecule has 0 saturated heterocycles. The van der Waals surface area contributed by atoms with E-state index in [9.17, 15) is 4.79 Å². The molecule has 0 aliphatic heterocycles. The van der Waals surface area contributed by atoms with Crippen LogP contribution in [0.15, 0.2) is 83.3 Å². The van der Waals surface area contributed by atoms with Crippen LogP contribution in [-0.2, 0) is 10.2 Å². The Morgan fingerprint density at radius 2 is 1.37 bits per heavy atom. The molecule has 0 radical (unpaired) electrons. The smallest absolute Gasteiger partial charge is 0.236 e. The predicted octanol–water partition coefficient (Wildman–Crippen LogP) is 6.52. The van der Waals surface area contributed by atoms with Crippen LogP contribution in [0, 0.1) is 0 Å².